The number of pyridine rings is 1. The van der Waals surface area contributed by atoms with Gasteiger partial charge in [-0.05, 0) is 30.2 Å². The van der Waals surface area contributed by atoms with Crippen molar-refractivity contribution in [3.63, 3.8) is 0 Å². The number of rotatable bonds is 4. The van der Waals surface area contributed by atoms with Crippen molar-refractivity contribution in [3.05, 3.63) is 65.7 Å². The van der Waals surface area contributed by atoms with Crippen molar-refractivity contribution in [3.8, 4) is 11.6 Å². The van der Waals surface area contributed by atoms with E-state index in [-0.39, 0.29) is 0 Å². The molecular formula is C18H16ClNO. The summed E-state index contributed by atoms with van der Waals surface area (Å²) < 4.78 is 6.03. The molecule has 0 atom stereocenters. The maximum Gasteiger partial charge on any atom is 0.224 e. The van der Waals surface area contributed by atoms with E-state index in [4.69, 9.17) is 16.3 Å². The van der Waals surface area contributed by atoms with Gasteiger partial charge >= 0.3 is 0 Å². The molecule has 0 N–H and O–H groups in total. The summed E-state index contributed by atoms with van der Waals surface area (Å²) >= 11 is 6.05. The van der Waals surface area contributed by atoms with Gasteiger partial charge in [0.05, 0.1) is 11.4 Å². The Bertz CT molecular complexity index is 770. The molecule has 0 saturated carbocycles. The second-order valence-corrected chi connectivity index (χ2v) is 5.11. The van der Waals surface area contributed by atoms with Gasteiger partial charge in [0, 0.05) is 10.9 Å². The molecular weight excluding hydrogens is 282 g/mol. The third-order valence-corrected chi connectivity index (χ3v) is 3.76. The Morgan fingerprint density at radius 1 is 1.00 bits per heavy atom. The fraction of sp³-hybridized carbons (Fsp3) is 0.167. The van der Waals surface area contributed by atoms with E-state index >= 15 is 0 Å². The number of ether oxygens (including phenoxy) is 1. The number of aromatic nitrogens is 1. The summed E-state index contributed by atoms with van der Waals surface area (Å²) in [4.78, 5) is 4.61. The number of hydrogen-bond acceptors (Lipinski definition) is 2. The predicted octanol–water partition coefficient (Wildman–Crippen LogP) is 5.33. The zero-order chi connectivity index (χ0) is 14.7. The molecule has 1 aromatic heterocycles. The molecule has 0 amide bonds. The average molecular weight is 298 g/mol. The fourth-order valence-corrected chi connectivity index (χ4v) is 2.52. The van der Waals surface area contributed by atoms with E-state index in [1.807, 2.05) is 48.5 Å². The van der Waals surface area contributed by atoms with Crippen LogP contribution in [0.15, 0.2) is 54.6 Å². The van der Waals surface area contributed by atoms with Crippen molar-refractivity contribution in [1.29, 1.82) is 0 Å². The molecule has 0 bridgehead atoms. The number of hydrogen-bond donors (Lipinski definition) is 0. The molecule has 0 aliphatic heterocycles. The number of aryl methyl sites for hydroxylation is 1. The number of fused-ring (bicyclic) bond motifs is 1. The Morgan fingerprint density at radius 3 is 2.57 bits per heavy atom. The van der Waals surface area contributed by atoms with Crippen molar-refractivity contribution in [2.24, 2.45) is 0 Å². The van der Waals surface area contributed by atoms with Crippen LogP contribution in [0.4, 0.5) is 0 Å². The highest BCUT2D eigenvalue weighted by molar-refractivity contribution is 6.17. The first-order valence-corrected chi connectivity index (χ1v) is 7.55. The Morgan fingerprint density at radius 2 is 1.76 bits per heavy atom. The van der Waals surface area contributed by atoms with Gasteiger partial charge in [-0.15, -0.1) is 11.6 Å². The van der Waals surface area contributed by atoms with Crippen LogP contribution in [0.2, 0.25) is 0 Å². The molecule has 3 rings (SSSR count). The van der Waals surface area contributed by atoms with Gasteiger partial charge in [-0.25, -0.2) is 4.98 Å². The number of nitrogens with zero attached hydrogens (tertiary/aromatic N) is 1. The summed E-state index contributed by atoms with van der Waals surface area (Å²) in [5.74, 6) is 1.81. The molecule has 2 aromatic carbocycles. The number of para-hydroxylation sites is 2. The second kappa shape index (κ2) is 6.15. The van der Waals surface area contributed by atoms with Gasteiger partial charge in [0.15, 0.2) is 0 Å². The van der Waals surface area contributed by atoms with E-state index in [0.717, 1.165) is 34.2 Å². The zero-order valence-electron chi connectivity index (χ0n) is 11.8. The van der Waals surface area contributed by atoms with Crippen molar-refractivity contribution in [2.45, 2.75) is 19.2 Å². The van der Waals surface area contributed by atoms with Crippen LogP contribution in [0, 0.1) is 0 Å². The van der Waals surface area contributed by atoms with Crippen molar-refractivity contribution >= 4 is 22.5 Å². The largest absolute Gasteiger partial charge is 0.438 e. The van der Waals surface area contributed by atoms with Gasteiger partial charge in [-0.1, -0.05) is 43.3 Å². The minimum Gasteiger partial charge on any atom is -0.438 e. The summed E-state index contributed by atoms with van der Waals surface area (Å²) in [6.07, 6.45) is 0.917. The van der Waals surface area contributed by atoms with Crippen LogP contribution in [0.1, 0.15) is 18.1 Å². The standard InChI is InChI=1S/C18H16ClNO/c1-2-13-7-4-6-10-17(13)21-18-15(12-19)11-14-8-3-5-9-16(14)20-18/h3-11H,2,12H2,1H3. The summed E-state index contributed by atoms with van der Waals surface area (Å²) in [6.45, 7) is 2.11. The monoisotopic (exact) mass is 297 g/mol. The molecule has 0 radical (unpaired) electrons. The molecule has 0 aliphatic carbocycles. The maximum atomic E-state index is 6.05. The summed E-state index contributed by atoms with van der Waals surface area (Å²) in [7, 11) is 0. The second-order valence-electron chi connectivity index (χ2n) is 4.84. The van der Waals surface area contributed by atoms with E-state index in [9.17, 15) is 0 Å². The Labute approximate surface area is 129 Å². The van der Waals surface area contributed by atoms with Gasteiger partial charge in [0.1, 0.15) is 5.75 Å². The van der Waals surface area contributed by atoms with E-state index < -0.39 is 0 Å². The number of halogens is 1. The number of benzene rings is 2. The van der Waals surface area contributed by atoms with Gasteiger partial charge in [0.25, 0.3) is 0 Å². The molecule has 1 heterocycles. The molecule has 0 aliphatic rings. The third-order valence-electron chi connectivity index (χ3n) is 3.47. The molecule has 2 nitrogen and oxygen atoms in total. The predicted molar refractivity (Wildman–Crippen MR) is 87.2 cm³/mol. The average Bonchev–Trinajstić information content (AvgIpc) is 2.54. The zero-order valence-corrected chi connectivity index (χ0v) is 12.6. The summed E-state index contributed by atoms with van der Waals surface area (Å²) in [5.41, 5.74) is 2.98. The van der Waals surface area contributed by atoms with Crippen LogP contribution in [0.3, 0.4) is 0 Å². The third kappa shape index (κ3) is 2.86. The lowest BCUT2D eigenvalue weighted by molar-refractivity contribution is 0.455. The SMILES string of the molecule is CCc1ccccc1Oc1nc2ccccc2cc1CCl. The lowest BCUT2D eigenvalue weighted by Crippen LogP contribution is -1.96. The Hall–Kier alpha value is -2.06. The lowest BCUT2D eigenvalue weighted by Gasteiger charge is -2.12. The topological polar surface area (TPSA) is 22.1 Å². The molecule has 0 saturated heterocycles. The minimum absolute atomic E-state index is 0.376. The van der Waals surface area contributed by atoms with E-state index in [2.05, 4.69) is 18.0 Å². The van der Waals surface area contributed by atoms with E-state index in [1.54, 1.807) is 0 Å². The lowest BCUT2D eigenvalue weighted by atomic mass is 10.1. The van der Waals surface area contributed by atoms with Crippen LogP contribution in [0.25, 0.3) is 10.9 Å². The van der Waals surface area contributed by atoms with Crippen LogP contribution >= 0.6 is 11.6 Å². The quantitative estimate of drug-likeness (QED) is 0.607. The molecule has 0 spiro atoms. The molecule has 0 unspecified atom stereocenters. The normalized spacial score (nSPS) is 10.8. The Kier molecular flexibility index (Phi) is 4.07. The summed E-state index contributed by atoms with van der Waals surface area (Å²) in [5, 5.41) is 1.07. The van der Waals surface area contributed by atoms with Crippen LogP contribution in [0.5, 0.6) is 11.6 Å². The fourth-order valence-electron chi connectivity index (χ4n) is 2.33. The highest BCUT2D eigenvalue weighted by atomic mass is 35.5. The van der Waals surface area contributed by atoms with Gasteiger partial charge in [-0.3, -0.25) is 0 Å². The molecule has 3 heteroatoms. The van der Waals surface area contributed by atoms with Gasteiger partial charge in [0.2, 0.25) is 5.88 Å². The molecule has 21 heavy (non-hydrogen) atoms. The minimum atomic E-state index is 0.376. The highest BCUT2D eigenvalue weighted by Gasteiger charge is 2.10. The Balaban J connectivity index is 2.06. The van der Waals surface area contributed by atoms with Crippen molar-refractivity contribution in [1.82, 2.24) is 4.98 Å². The first-order valence-electron chi connectivity index (χ1n) is 7.02. The van der Waals surface area contributed by atoms with E-state index in [1.165, 1.54) is 0 Å². The van der Waals surface area contributed by atoms with E-state index in [0.29, 0.717) is 11.8 Å². The highest BCUT2D eigenvalue weighted by Crippen LogP contribution is 2.30. The van der Waals surface area contributed by atoms with Crippen molar-refractivity contribution in [2.75, 3.05) is 0 Å². The number of alkyl halides is 1. The van der Waals surface area contributed by atoms with Gasteiger partial charge < -0.3 is 4.74 Å². The molecule has 106 valence electrons. The van der Waals surface area contributed by atoms with Crippen molar-refractivity contribution < 1.29 is 4.74 Å². The van der Waals surface area contributed by atoms with Crippen LogP contribution < -0.4 is 4.74 Å². The molecule has 3 aromatic rings. The summed E-state index contributed by atoms with van der Waals surface area (Å²) in [6, 6.07) is 18.0. The first kappa shape index (κ1) is 13.9. The van der Waals surface area contributed by atoms with Crippen LogP contribution in [-0.2, 0) is 12.3 Å². The maximum absolute atomic E-state index is 6.05. The first-order chi connectivity index (χ1) is 10.3. The van der Waals surface area contributed by atoms with Crippen LogP contribution in [-0.4, -0.2) is 4.98 Å². The van der Waals surface area contributed by atoms with Gasteiger partial charge in [-0.2, -0.15) is 0 Å². The smallest absolute Gasteiger partial charge is 0.224 e. The molecule has 0 fully saturated rings.